The highest BCUT2D eigenvalue weighted by molar-refractivity contribution is 6.00. The minimum atomic E-state index is -0.756. The van der Waals surface area contributed by atoms with E-state index in [0.29, 0.717) is 44.0 Å². The molecule has 1 N–H and O–H groups in total. The first-order valence-electron chi connectivity index (χ1n) is 13.3. The Balaban J connectivity index is 1.46. The van der Waals surface area contributed by atoms with Gasteiger partial charge < -0.3 is 19.3 Å². The SMILES string of the molecule is CN(C(=NC=N)n1cc2c(n1)-c1cc(C3=CCN(C(=O)OC(C)(C)C)CC3)ccc1OCC2)c1ccc(F)cc1F. The Morgan fingerprint density at radius 2 is 2.00 bits per heavy atom. The highest BCUT2D eigenvalue weighted by Crippen LogP contribution is 2.37. The molecule has 2 aromatic carbocycles. The minimum Gasteiger partial charge on any atom is -0.493 e. The molecule has 41 heavy (non-hydrogen) atoms. The lowest BCUT2D eigenvalue weighted by Gasteiger charge is -2.29. The van der Waals surface area contributed by atoms with Gasteiger partial charge >= 0.3 is 6.09 Å². The number of benzene rings is 2. The average Bonchev–Trinajstić information content (AvgIpc) is 3.26. The van der Waals surface area contributed by atoms with Crippen LogP contribution in [0.5, 0.6) is 5.75 Å². The first-order valence-corrected chi connectivity index (χ1v) is 13.3. The molecule has 0 saturated carbocycles. The Kier molecular flexibility index (Phi) is 7.61. The van der Waals surface area contributed by atoms with Crippen LogP contribution in [0.15, 0.2) is 53.7 Å². The van der Waals surface area contributed by atoms with Crippen molar-refractivity contribution in [3.05, 3.63) is 71.4 Å². The van der Waals surface area contributed by atoms with E-state index in [1.807, 2.05) is 45.0 Å². The number of nitrogens with one attached hydrogen (secondary N) is 1. The standard InChI is InChI=1S/C30H32F2N6O3/c1-30(2,3)41-29(39)37-12-9-19(10-13-37)20-5-8-26-23(15-20)27-21(11-14-40-26)17-38(35-27)28(34-18-33)36(4)25-7-6-22(31)16-24(25)32/h5-9,15-18,33H,10-14H2,1-4H3. The monoisotopic (exact) mass is 562 g/mol. The molecule has 214 valence electrons. The molecule has 0 radical (unpaired) electrons. The van der Waals surface area contributed by atoms with E-state index in [1.54, 1.807) is 18.1 Å². The van der Waals surface area contributed by atoms with Gasteiger partial charge in [0, 0.05) is 49.9 Å². The number of fused-ring (bicyclic) bond motifs is 3. The van der Waals surface area contributed by atoms with Crippen LogP contribution in [0.2, 0.25) is 0 Å². The van der Waals surface area contributed by atoms with Gasteiger partial charge in [-0.25, -0.2) is 23.2 Å². The maximum atomic E-state index is 14.6. The van der Waals surface area contributed by atoms with Gasteiger partial charge in [-0.15, -0.1) is 0 Å². The van der Waals surface area contributed by atoms with Crippen LogP contribution in [0.3, 0.4) is 0 Å². The van der Waals surface area contributed by atoms with Gasteiger partial charge in [0.1, 0.15) is 29.3 Å². The lowest BCUT2D eigenvalue weighted by atomic mass is 9.96. The third kappa shape index (κ3) is 5.98. The summed E-state index contributed by atoms with van der Waals surface area (Å²) in [6, 6.07) is 9.23. The fourth-order valence-corrected chi connectivity index (χ4v) is 4.88. The highest BCUT2D eigenvalue weighted by atomic mass is 19.1. The molecule has 9 nitrogen and oxygen atoms in total. The molecule has 0 fully saturated rings. The molecule has 1 aromatic heterocycles. The molecule has 0 unspecified atom stereocenters. The summed E-state index contributed by atoms with van der Waals surface area (Å²) in [5.74, 6) is -0.579. The van der Waals surface area contributed by atoms with Crippen LogP contribution in [0.25, 0.3) is 16.8 Å². The highest BCUT2D eigenvalue weighted by Gasteiger charge is 2.26. The first kappa shape index (κ1) is 28.0. The van der Waals surface area contributed by atoms with Gasteiger partial charge in [-0.1, -0.05) is 12.1 Å². The second-order valence-electron chi connectivity index (χ2n) is 10.9. The zero-order valence-electron chi connectivity index (χ0n) is 23.4. The van der Waals surface area contributed by atoms with Gasteiger partial charge in [-0.3, -0.25) is 5.41 Å². The summed E-state index contributed by atoms with van der Waals surface area (Å²) >= 11 is 0. The van der Waals surface area contributed by atoms with Crippen molar-refractivity contribution < 1.29 is 23.0 Å². The summed E-state index contributed by atoms with van der Waals surface area (Å²) < 4.78 is 41.1. The van der Waals surface area contributed by atoms with Crippen molar-refractivity contribution in [2.45, 2.75) is 39.2 Å². The molecular formula is C30H32F2N6O3. The molecule has 3 heterocycles. The van der Waals surface area contributed by atoms with Gasteiger partial charge in [0.15, 0.2) is 0 Å². The first-order chi connectivity index (χ1) is 19.5. The molecule has 0 aliphatic carbocycles. The molecule has 0 bridgehead atoms. The van der Waals surface area contributed by atoms with E-state index in [2.05, 4.69) is 4.99 Å². The largest absolute Gasteiger partial charge is 0.493 e. The van der Waals surface area contributed by atoms with Crippen LogP contribution in [-0.4, -0.2) is 65.4 Å². The number of carbonyl (C=O) groups is 1. The molecule has 2 aliphatic heterocycles. The summed E-state index contributed by atoms with van der Waals surface area (Å²) in [5, 5.41) is 12.4. The molecule has 0 spiro atoms. The van der Waals surface area contributed by atoms with E-state index >= 15 is 0 Å². The molecular weight excluding hydrogens is 530 g/mol. The predicted octanol–water partition coefficient (Wildman–Crippen LogP) is 5.73. The van der Waals surface area contributed by atoms with Crippen LogP contribution in [0, 0.1) is 17.0 Å². The van der Waals surface area contributed by atoms with Crippen LogP contribution in [0.4, 0.5) is 19.3 Å². The van der Waals surface area contributed by atoms with Crippen LogP contribution in [0.1, 0.15) is 38.3 Å². The van der Waals surface area contributed by atoms with Crippen molar-refractivity contribution in [3.8, 4) is 17.0 Å². The van der Waals surface area contributed by atoms with Crippen molar-refractivity contribution in [1.82, 2.24) is 14.7 Å². The Labute approximate surface area is 237 Å². The van der Waals surface area contributed by atoms with Crippen LogP contribution < -0.4 is 9.64 Å². The number of ether oxygens (including phenoxy) is 2. The number of halogens is 2. The molecule has 0 atom stereocenters. The van der Waals surface area contributed by atoms with Crippen molar-refractivity contribution in [2.75, 3.05) is 31.6 Å². The molecule has 0 saturated heterocycles. The second-order valence-corrected chi connectivity index (χ2v) is 10.9. The Bertz CT molecular complexity index is 1560. The number of aliphatic imine (C=N–C) groups is 1. The smallest absolute Gasteiger partial charge is 0.410 e. The second kappa shape index (κ2) is 11.1. The third-order valence-electron chi connectivity index (χ3n) is 6.84. The number of amides is 1. The summed E-state index contributed by atoms with van der Waals surface area (Å²) in [6.07, 6.45) is 5.60. The van der Waals surface area contributed by atoms with Gasteiger partial charge in [-0.05, 0) is 62.6 Å². The summed E-state index contributed by atoms with van der Waals surface area (Å²) in [7, 11) is 1.58. The molecule has 11 heteroatoms. The zero-order chi connectivity index (χ0) is 29.3. The maximum Gasteiger partial charge on any atom is 0.410 e. The lowest BCUT2D eigenvalue weighted by molar-refractivity contribution is 0.0270. The van der Waals surface area contributed by atoms with Gasteiger partial charge in [0.2, 0.25) is 5.96 Å². The van der Waals surface area contributed by atoms with Gasteiger partial charge in [-0.2, -0.15) is 5.10 Å². The van der Waals surface area contributed by atoms with Crippen molar-refractivity contribution in [2.24, 2.45) is 4.99 Å². The Morgan fingerprint density at radius 1 is 1.20 bits per heavy atom. The quantitative estimate of drug-likeness (QED) is 0.325. The summed E-state index contributed by atoms with van der Waals surface area (Å²) in [6.45, 7) is 6.99. The van der Waals surface area contributed by atoms with Crippen molar-refractivity contribution >= 4 is 29.7 Å². The third-order valence-corrected chi connectivity index (χ3v) is 6.84. The number of carbonyl (C=O) groups excluding carboxylic acids is 1. The van der Waals surface area contributed by atoms with Crippen molar-refractivity contribution in [3.63, 3.8) is 0 Å². The number of hydrogen-bond acceptors (Lipinski definition) is 5. The van der Waals surface area contributed by atoms with E-state index in [4.69, 9.17) is 20.0 Å². The average molecular weight is 563 g/mol. The number of anilines is 1. The fraction of sp³-hybridized carbons (Fsp3) is 0.333. The van der Waals surface area contributed by atoms with Gasteiger partial charge in [0.25, 0.3) is 0 Å². The lowest BCUT2D eigenvalue weighted by Crippen LogP contribution is -2.39. The molecule has 2 aliphatic rings. The number of rotatable bonds is 3. The number of aromatic nitrogens is 2. The maximum absolute atomic E-state index is 14.6. The van der Waals surface area contributed by atoms with E-state index in [1.165, 1.54) is 15.6 Å². The zero-order valence-corrected chi connectivity index (χ0v) is 23.4. The topological polar surface area (TPSA) is 96.0 Å². The molecule has 1 amide bonds. The minimum absolute atomic E-state index is 0.0911. The van der Waals surface area contributed by atoms with E-state index < -0.39 is 17.2 Å². The predicted molar refractivity (Wildman–Crippen MR) is 154 cm³/mol. The normalized spacial score (nSPS) is 15.2. The number of hydrogen-bond donors (Lipinski definition) is 1. The molecule has 3 aromatic rings. The fourth-order valence-electron chi connectivity index (χ4n) is 4.88. The van der Waals surface area contributed by atoms with Crippen LogP contribution >= 0.6 is 0 Å². The number of nitrogens with zero attached hydrogens (tertiary/aromatic N) is 5. The summed E-state index contributed by atoms with van der Waals surface area (Å²) in [5.41, 5.74) is 4.04. The molecule has 5 rings (SSSR count). The van der Waals surface area contributed by atoms with Crippen LogP contribution in [-0.2, 0) is 11.2 Å². The van der Waals surface area contributed by atoms with E-state index in [9.17, 15) is 13.6 Å². The Hall–Kier alpha value is -4.54. The summed E-state index contributed by atoms with van der Waals surface area (Å²) in [4.78, 5) is 19.7. The Morgan fingerprint density at radius 3 is 2.68 bits per heavy atom. The van der Waals surface area contributed by atoms with Gasteiger partial charge in [0.05, 0.1) is 18.0 Å². The van der Waals surface area contributed by atoms with E-state index in [-0.39, 0.29) is 17.7 Å². The van der Waals surface area contributed by atoms with Crippen molar-refractivity contribution in [1.29, 1.82) is 5.41 Å². The van der Waals surface area contributed by atoms with E-state index in [0.717, 1.165) is 40.7 Å².